The van der Waals surface area contributed by atoms with Gasteiger partial charge in [-0.1, -0.05) is 35.9 Å². The number of carbonyl (C=O) groups excluding carboxylic acids is 2. The van der Waals surface area contributed by atoms with Gasteiger partial charge in [-0.25, -0.2) is 12.7 Å². The summed E-state index contributed by atoms with van der Waals surface area (Å²) in [5.74, 6) is -0.221. The number of piperazine rings is 1. The quantitative estimate of drug-likeness (QED) is 0.656. The van der Waals surface area contributed by atoms with Crippen molar-refractivity contribution in [3.63, 3.8) is 0 Å². The molecule has 172 valence electrons. The minimum atomic E-state index is -3.58. The summed E-state index contributed by atoms with van der Waals surface area (Å²) in [6, 6.07) is 13.5. The normalized spacial score (nSPS) is 15.1. The lowest BCUT2D eigenvalue weighted by Gasteiger charge is -2.34. The largest absolute Gasteiger partial charge is 0.340 e. The van der Waals surface area contributed by atoms with Crippen molar-refractivity contribution < 1.29 is 18.0 Å². The Morgan fingerprint density at radius 2 is 1.72 bits per heavy atom. The molecule has 3 rings (SSSR count). The van der Waals surface area contributed by atoms with Gasteiger partial charge >= 0.3 is 0 Å². The summed E-state index contributed by atoms with van der Waals surface area (Å²) in [4.78, 5) is 28.9. The molecule has 32 heavy (non-hydrogen) atoms. The molecule has 1 heterocycles. The van der Waals surface area contributed by atoms with Crippen molar-refractivity contribution in [2.75, 3.05) is 52.1 Å². The average molecular weight is 479 g/mol. The molecule has 0 atom stereocenters. The molecule has 0 aromatic heterocycles. The van der Waals surface area contributed by atoms with E-state index in [-0.39, 0.29) is 29.7 Å². The van der Waals surface area contributed by atoms with E-state index < -0.39 is 10.0 Å². The summed E-state index contributed by atoms with van der Waals surface area (Å²) in [6.45, 7) is 2.39. The minimum absolute atomic E-state index is 0.0149. The van der Waals surface area contributed by atoms with Gasteiger partial charge in [0.1, 0.15) is 0 Å². The third-order valence-corrected chi connectivity index (χ3v) is 7.47. The molecule has 8 nitrogen and oxygen atoms in total. The Kier molecular flexibility index (Phi) is 7.89. The fourth-order valence-electron chi connectivity index (χ4n) is 3.42. The van der Waals surface area contributed by atoms with E-state index in [9.17, 15) is 18.0 Å². The van der Waals surface area contributed by atoms with Gasteiger partial charge in [-0.15, -0.1) is 0 Å². The van der Waals surface area contributed by atoms with E-state index in [2.05, 4.69) is 5.32 Å². The van der Waals surface area contributed by atoms with E-state index in [1.54, 1.807) is 23.1 Å². The lowest BCUT2D eigenvalue weighted by Crippen LogP contribution is -2.50. The zero-order valence-electron chi connectivity index (χ0n) is 18.1. The Labute approximate surface area is 193 Å². The monoisotopic (exact) mass is 478 g/mol. The number of hydrogen-bond acceptors (Lipinski definition) is 5. The second-order valence-corrected chi connectivity index (χ2v) is 10.3. The first kappa shape index (κ1) is 24.2. The lowest BCUT2D eigenvalue weighted by molar-refractivity contribution is -0.132. The van der Waals surface area contributed by atoms with Crippen LogP contribution in [0.15, 0.2) is 53.4 Å². The molecule has 2 aromatic carbocycles. The zero-order chi connectivity index (χ0) is 23.3. The third kappa shape index (κ3) is 6.07. The molecule has 1 N–H and O–H groups in total. The smallest absolute Gasteiger partial charge is 0.242 e. The van der Waals surface area contributed by atoms with Crippen molar-refractivity contribution in [2.45, 2.75) is 11.3 Å². The minimum Gasteiger partial charge on any atom is -0.340 e. The van der Waals surface area contributed by atoms with E-state index in [1.807, 2.05) is 23.1 Å². The summed E-state index contributed by atoms with van der Waals surface area (Å²) in [5.41, 5.74) is 1.23. The number of carbonyl (C=O) groups is 2. The molecule has 2 aromatic rings. The number of anilines is 1. The van der Waals surface area contributed by atoms with Crippen LogP contribution in [0.5, 0.6) is 0 Å². The summed E-state index contributed by atoms with van der Waals surface area (Å²) < 4.78 is 25.7. The number of halogens is 1. The van der Waals surface area contributed by atoms with Gasteiger partial charge in [-0.2, -0.15) is 0 Å². The second kappa shape index (κ2) is 10.4. The molecule has 0 bridgehead atoms. The van der Waals surface area contributed by atoms with Crippen molar-refractivity contribution in [1.82, 2.24) is 14.1 Å². The second-order valence-electron chi connectivity index (χ2n) is 7.79. The van der Waals surface area contributed by atoms with E-state index in [1.165, 1.54) is 26.2 Å². The van der Waals surface area contributed by atoms with Crippen LogP contribution in [0.1, 0.15) is 5.56 Å². The molecular weight excluding hydrogens is 452 g/mol. The molecule has 0 unspecified atom stereocenters. The third-order valence-electron chi connectivity index (χ3n) is 5.29. The Balaban J connectivity index is 1.50. The first-order chi connectivity index (χ1) is 15.2. The molecule has 0 radical (unpaired) electrons. The van der Waals surface area contributed by atoms with Gasteiger partial charge in [0.25, 0.3) is 0 Å². The molecule has 1 aliphatic heterocycles. The van der Waals surface area contributed by atoms with Crippen molar-refractivity contribution in [3.05, 3.63) is 59.1 Å². The van der Waals surface area contributed by atoms with Gasteiger partial charge in [-0.3, -0.25) is 14.5 Å². The highest BCUT2D eigenvalue weighted by molar-refractivity contribution is 7.89. The van der Waals surface area contributed by atoms with Gasteiger partial charge in [0, 0.05) is 51.0 Å². The molecule has 2 amide bonds. The average Bonchev–Trinajstić information content (AvgIpc) is 2.75. The molecular formula is C22H27ClN4O4S. The van der Waals surface area contributed by atoms with Gasteiger partial charge in [0.05, 0.1) is 17.9 Å². The van der Waals surface area contributed by atoms with Crippen molar-refractivity contribution in [2.24, 2.45) is 0 Å². The van der Waals surface area contributed by atoms with Gasteiger partial charge in [0.15, 0.2) is 0 Å². The fourth-order valence-corrected chi connectivity index (χ4v) is 4.57. The number of nitrogens with zero attached hydrogens (tertiary/aromatic N) is 3. The summed E-state index contributed by atoms with van der Waals surface area (Å²) in [7, 11) is -0.661. The zero-order valence-corrected chi connectivity index (χ0v) is 19.7. The van der Waals surface area contributed by atoms with Gasteiger partial charge in [-0.05, 0) is 29.8 Å². The van der Waals surface area contributed by atoms with Gasteiger partial charge < -0.3 is 10.2 Å². The van der Waals surface area contributed by atoms with Crippen LogP contribution in [0.3, 0.4) is 0 Å². The van der Waals surface area contributed by atoms with Crippen LogP contribution in [0.25, 0.3) is 0 Å². The van der Waals surface area contributed by atoms with Crippen LogP contribution in [0.2, 0.25) is 5.02 Å². The number of sulfonamides is 1. The van der Waals surface area contributed by atoms with E-state index >= 15 is 0 Å². The predicted molar refractivity (Wildman–Crippen MR) is 124 cm³/mol. The summed E-state index contributed by atoms with van der Waals surface area (Å²) >= 11 is 6.15. The molecule has 1 aliphatic rings. The van der Waals surface area contributed by atoms with Crippen LogP contribution >= 0.6 is 11.6 Å². The first-order valence-electron chi connectivity index (χ1n) is 10.2. The number of hydrogen-bond donors (Lipinski definition) is 1. The SMILES string of the molecule is CN(C)S(=O)(=O)c1cccc(NC(=O)CN2CCN(C(=O)Cc3ccccc3Cl)CC2)c1. The fraction of sp³-hybridized carbons (Fsp3) is 0.364. The molecule has 0 saturated carbocycles. The highest BCUT2D eigenvalue weighted by atomic mass is 35.5. The molecule has 10 heteroatoms. The van der Waals surface area contributed by atoms with Crippen LogP contribution in [-0.4, -0.2) is 81.2 Å². The van der Waals surface area contributed by atoms with Crippen molar-refractivity contribution in [3.8, 4) is 0 Å². The predicted octanol–water partition coefficient (Wildman–Crippen LogP) is 1.92. The maximum atomic E-state index is 12.6. The topological polar surface area (TPSA) is 90.0 Å². The highest BCUT2D eigenvalue weighted by Gasteiger charge is 2.23. The summed E-state index contributed by atoms with van der Waals surface area (Å²) in [6.07, 6.45) is 0.256. The van der Waals surface area contributed by atoms with Gasteiger partial charge in [0.2, 0.25) is 21.8 Å². The van der Waals surface area contributed by atoms with Crippen LogP contribution in [0, 0.1) is 0 Å². The number of nitrogens with one attached hydrogen (secondary N) is 1. The number of benzene rings is 2. The maximum absolute atomic E-state index is 12.6. The highest BCUT2D eigenvalue weighted by Crippen LogP contribution is 2.19. The lowest BCUT2D eigenvalue weighted by atomic mass is 10.1. The van der Waals surface area contributed by atoms with Crippen molar-refractivity contribution in [1.29, 1.82) is 0 Å². The Morgan fingerprint density at radius 1 is 1.03 bits per heavy atom. The maximum Gasteiger partial charge on any atom is 0.242 e. The standard InChI is InChI=1S/C22H27ClN4O4S/c1-25(2)32(30,31)19-8-5-7-18(15-19)24-21(28)16-26-10-12-27(13-11-26)22(29)14-17-6-3-4-9-20(17)23/h3-9,15H,10-14,16H2,1-2H3,(H,24,28). The summed E-state index contributed by atoms with van der Waals surface area (Å²) in [5, 5.41) is 3.34. The van der Waals surface area contributed by atoms with E-state index in [4.69, 9.17) is 11.6 Å². The van der Waals surface area contributed by atoms with Crippen LogP contribution in [-0.2, 0) is 26.0 Å². The molecule has 1 fully saturated rings. The molecule has 1 saturated heterocycles. The Hall–Kier alpha value is -2.46. The Bertz CT molecular complexity index is 1080. The number of rotatable bonds is 7. The van der Waals surface area contributed by atoms with E-state index in [0.717, 1.165) is 9.87 Å². The van der Waals surface area contributed by atoms with E-state index in [0.29, 0.717) is 36.9 Å². The Morgan fingerprint density at radius 3 is 2.38 bits per heavy atom. The van der Waals surface area contributed by atoms with Crippen molar-refractivity contribution >= 4 is 39.1 Å². The first-order valence-corrected chi connectivity index (χ1v) is 12.0. The van der Waals surface area contributed by atoms with Crippen LogP contribution in [0.4, 0.5) is 5.69 Å². The molecule has 0 aliphatic carbocycles. The number of amides is 2. The molecule has 0 spiro atoms. The van der Waals surface area contributed by atoms with Crippen LogP contribution < -0.4 is 5.32 Å².